The molecule has 1 fully saturated rings. The highest BCUT2D eigenvalue weighted by Crippen LogP contribution is 2.34. The Bertz CT molecular complexity index is 328. The first-order valence-electron chi connectivity index (χ1n) is 7.09. The third-order valence-electron chi connectivity index (χ3n) is 3.83. The molecule has 96 valence electrons. The quantitative estimate of drug-likeness (QED) is 0.787. The zero-order valence-corrected chi connectivity index (χ0v) is 11.2. The topological polar surface area (TPSA) is 29.9 Å². The van der Waals surface area contributed by atoms with Gasteiger partial charge in [-0.25, -0.2) is 4.98 Å². The lowest BCUT2D eigenvalue weighted by Crippen LogP contribution is -2.29. The van der Waals surface area contributed by atoms with E-state index in [-0.39, 0.29) is 0 Å². The van der Waals surface area contributed by atoms with Crippen LogP contribution in [-0.4, -0.2) is 16.1 Å². The molecule has 1 aromatic heterocycles. The Hall–Kier alpha value is -0.830. The predicted octanol–water partition coefficient (Wildman–Crippen LogP) is 3.13. The first-order valence-corrected chi connectivity index (χ1v) is 7.09. The number of nitrogens with zero attached hydrogens (tertiary/aromatic N) is 2. The minimum atomic E-state index is 0.454. The van der Waals surface area contributed by atoms with Gasteiger partial charge in [0.2, 0.25) is 0 Å². The normalized spacial score (nSPS) is 18.0. The Labute approximate surface area is 105 Å². The van der Waals surface area contributed by atoms with Crippen molar-refractivity contribution in [3.05, 3.63) is 18.2 Å². The highest BCUT2D eigenvalue weighted by molar-refractivity contribution is 5.00. The average molecular weight is 235 g/mol. The van der Waals surface area contributed by atoms with Crippen molar-refractivity contribution in [2.45, 2.75) is 58.5 Å². The molecule has 0 saturated heterocycles. The largest absolute Gasteiger partial charge is 0.334 e. The van der Waals surface area contributed by atoms with Crippen molar-refractivity contribution < 1.29 is 0 Å². The van der Waals surface area contributed by atoms with Gasteiger partial charge in [0.15, 0.2) is 0 Å². The standard InChI is InChI=1S/C14H25N3/c1-3-8-15-13(11-12-6-5-7-12)14-16-9-10-17(14)4-2/h9-10,12-13,15H,3-8,11H2,1-2H3. The molecule has 1 aliphatic carbocycles. The van der Waals surface area contributed by atoms with Crippen LogP contribution in [0.5, 0.6) is 0 Å². The number of aryl methyl sites for hydroxylation is 1. The second kappa shape index (κ2) is 6.20. The van der Waals surface area contributed by atoms with Gasteiger partial charge >= 0.3 is 0 Å². The fraction of sp³-hybridized carbons (Fsp3) is 0.786. The molecule has 1 aromatic rings. The first kappa shape index (κ1) is 12.6. The van der Waals surface area contributed by atoms with Crippen LogP contribution in [0.25, 0.3) is 0 Å². The fourth-order valence-corrected chi connectivity index (χ4v) is 2.56. The molecule has 0 bridgehead atoms. The van der Waals surface area contributed by atoms with Gasteiger partial charge in [0.1, 0.15) is 5.82 Å². The van der Waals surface area contributed by atoms with Crippen molar-refractivity contribution in [2.24, 2.45) is 5.92 Å². The molecule has 1 unspecified atom stereocenters. The van der Waals surface area contributed by atoms with Crippen molar-refractivity contribution in [3.8, 4) is 0 Å². The van der Waals surface area contributed by atoms with Crippen molar-refractivity contribution in [3.63, 3.8) is 0 Å². The van der Waals surface area contributed by atoms with E-state index in [9.17, 15) is 0 Å². The molecule has 0 spiro atoms. The highest BCUT2D eigenvalue weighted by Gasteiger charge is 2.24. The van der Waals surface area contributed by atoms with Crippen LogP contribution in [-0.2, 0) is 6.54 Å². The van der Waals surface area contributed by atoms with E-state index in [1.54, 1.807) is 0 Å². The zero-order valence-electron chi connectivity index (χ0n) is 11.2. The van der Waals surface area contributed by atoms with E-state index in [4.69, 9.17) is 0 Å². The van der Waals surface area contributed by atoms with Crippen molar-refractivity contribution in [1.82, 2.24) is 14.9 Å². The number of rotatable bonds is 7. The number of hydrogen-bond donors (Lipinski definition) is 1. The Morgan fingerprint density at radius 1 is 1.47 bits per heavy atom. The summed E-state index contributed by atoms with van der Waals surface area (Å²) in [5, 5.41) is 3.66. The summed E-state index contributed by atoms with van der Waals surface area (Å²) in [5.41, 5.74) is 0. The van der Waals surface area contributed by atoms with E-state index in [1.807, 2.05) is 6.20 Å². The highest BCUT2D eigenvalue weighted by atomic mass is 15.1. The summed E-state index contributed by atoms with van der Waals surface area (Å²) in [6.45, 7) is 6.52. The monoisotopic (exact) mass is 235 g/mol. The van der Waals surface area contributed by atoms with E-state index in [0.717, 1.165) is 19.0 Å². The molecule has 0 amide bonds. The second-order valence-electron chi connectivity index (χ2n) is 5.11. The number of aromatic nitrogens is 2. The van der Waals surface area contributed by atoms with Crippen molar-refractivity contribution >= 4 is 0 Å². The van der Waals surface area contributed by atoms with Crippen LogP contribution in [0.3, 0.4) is 0 Å². The Kier molecular flexibility index (Phi) is 4.60. The molecule has 1 saturated carbocycles. The second-order valence-corrected chi connectivity index (χ2v) is 5.11. The molecule has 3 heteroatoms. The molecule has 2 rings (SSSR count). The number of imidazole rings is 1. The van der Waals surface area contributed by atoms with Crippen LogP contribution < -0.4 is 5.32 Å². The molecular weight excluding hydrogens is 210 g/mol. The molecule has 1 aliphatic rings. The zero-order chi connectivity index (χ0) is 12.1. The van der Waals surface area contributed by atoms with Crippen molar-refractivity contribution in [2.75, 3.05) is 6.54 Å². The lowest BCUT2D eigenvalue weighted by Gasteiger charge is -2.30. The minimum absolute atomic E-state index is 0.454. The Balaban J connectivity index is 2.02. The summed E-state index contributed by atoms with van der Waals surface area (Å²) in [4.78, 5) is 4.55. The molecule has 0 radical (unpaired) electrons. The van der Waals surface area contributed by atoms with Gasteiger partial charge < -0.3 is 9.88 Å². The lowest BCUT2D eigenvalue weighted by atomic mass is 9.80. The van der Waals surface area contributed by atoms with Gasteiger partial charge in [-0.05, 0) is 32.2 Å². The number of nitrogens with one attached hydrogen (secondary N) is 1. The van der Waals surface area contributed by atoms with Gasteiger partial charge in [-0.3, -0.25) is 0 Å². The Morgan fingerprint density at radius 2 is 2.29 bits per heavy atom. The lowest BCUT2D eigenvalue weighted by molar-refractivity contribution is 0.255. The first-order chi connectivity index (χ1) is 8.35. The molecule has 17 heavy (non-hydrogen) atoms. The molecule has 3 nitrogen and oxygen atoms in total. The van der Waals surface area contributed by atoms with E-state index in [2.05, 4.69) is 34.9 Å². The number of hydrogen-bond acceptors (Lipinski definition) is 2. The summed E-state index contributed by atoms with van der Waals surface area (Å²) >= 11 is 0. The maximum atomic E-state index is 4.55. The summed E-state index contributed by atoms with van der Waals surface area (Å²) in [5.74, 6) is 2.15. The van der Waals surface area contributed by atoms with Crippen LogP contribution in [0.1, 0.15) is 57.8 Å². The summed E-state index contributed by atoms with van der Waals surface area (Å²) in [7, 11) is 0. The van der Waals surface area contributed by atoms with Crippen molar-refractivity contribution in [1.29, 1.82) is 0 Å². The smallest absolute Gasteiger partial charge is 0.125 e. The van der Waals surface area contributed by atoms with Gasteiger partial charge in [0.05, 0.1) is 6.04 Å². The molecular formula is C14H25N3. The third kappa shape index (κ3) is 3.09. The van der Waals surface area contributed by atoms with Gasteiger partial charge in [-0.1, -0.05) is 26.2 Å². The maximum Gasteiger partial charge on any atom is 0.125 e. The van der Waals surface area contributed by atoms with Crippen LogP contribution in [0.2, 0.25) is 0 Å². The molecule has 1 atom stereocenters. The predicted molar refractivity (Wildman–Crippen MR) is 70.9 cm³/mol. The van der Waals surface area contributed by atoms with Gasteiger partial charge in [-0.2, -0.15) is 0 Å². The Morgan fingerprint density at radius 3 is 2.88 bits per heavy atom. The maximum absolute atomic E-state index is 4.55. The van der Waals surface area contributed by atoms with E-state index in [0.29, 0.717) is 6.04 Å². The van der Waals surface area contributed by atoms with Crippen LogP contribution in [0, 0.1) is 5.92 Å². The molecule has 0 aliphatic heterocycles. The summed E-state index contributed by atoms with van der Waals surface area (Å²) < 4.78 is 2.27. The fourth-order valence-electron chi connectivity index (χ4n) is 2.56. The van der Waals surface area contributed by atoms with Gasteiger partial charge in [0, 0.05) is 18.9 Å². The van der Waals surface area contributed by atoms with E-state index < -0.39 is 0 Å². The van der Waals surface area contributed by atoms with E-state index in [1.165, 1.54) is 37.9 Å². The third-order valence-corrected chi connectivity index (χ3v) is 3.83. The van der Waals surface area contributed by atoms with Crippen LogP contribution in [0.4, 0.5) is 0 Å². The molecule has 0 aromatic carbocycles. The molecule has 1 heterocycles. The van der Waals surface area contributed by atoms with E-state index >= 15 is 0 Å². The van der Waals surface area contributed by atoms with Crippen LogP contribution >= 0.6 is 0 Å². The summed E-state index contributed by atoms with van der Waals surface area (Å²) in [6.07, 6.45) is 10.7. The molecule has 1 N–H and O–H groups in total. The summed E-state index contributed by atoms with van der Waals surface area (Å²) in [6, 6.07) is 0.454. The minimum Gasteiger partial charge on any atom is -0.334 e. The van der Waals surface area contributed by atoms with Gasteiger partial charge in [0.25, 0.3) is 0 Å². The van der Waals surface area contributed by atoms with Crippen LogP contribution in [0.15, 0.2) is 12.4 Å². The SMILES string of the molecule is CCCNC(CC1CCC1)c1nccn1CC. The average Bonchev–Trinajstić information content (AvgIpc) is 2.75. The van der Waals surface area contributed by atoms with Gasteiger partial charge in [-0.15, -0.1) is 0 Å².